The Bertz CT molecular complexity index is 444. The number of carbonyl (C=O) groups is 1. The molecule has 0 heterocycles. The molecule has 0 spiro atoms. The van der Waals surface area contributed by atoms with Crippen LogP contribution in [0.2, 0.25) is 0 Å². The van der Waals surface area contributed by atoms with Gasteiger partial charge in [-0.15, -0.1) is 0 Å². The first kappa shape index (κ1) is 30.6. The third-order valence-electron chi connectivity index (χ3n) is 4.92. The Balaban J connectivity index is 0. The molecule has 0 unspecified atom stereocenters. The number of carboxylic acid groups (broad SMARTS) is 1. The van der Waals surface area contributed by atoms with Crippen molar-refractivity contribution >= 4 is 16.0 Å². The molecule has 0 fully saturated rings. The van der Waals surface area contributed by atoms with Crippen LogP contribution >= 0.6 is 0 Å². The van der Waals surface area contributed by atoms with Gasteiger partial charge in [0.15, 0.2) is 0 Å². The minimum Gasteiger partial charge on any atom is -0.550 e. The van der Waals surface area contributed by atoms with Crippen molar-refractivity contribution in [3.8, 4) is 0 Å². The van der Waals surface area contributed by atoms with E-state index in [1.165, 1.54) is 83.5 Å². The maximum Gasteiger partial charge on any atom is 1.00 e. The Morgan fingerprint density at radius 2 is 1.07 bits per heavy atom. The average Bonchev–Trinajstić information content (AvgIpc) is 2.60. The van der Waals surface area contributed by atoms with Gasteiger partial charge >= 0.3 is 29.6 Å². The predicted molar refractivity (Wildman–Crippen MR) is 111 cm³/mol. The normalized spacial score (nSPS) is 11.3. The molecule has 0 aromatic rings. The SMILES string of the molecule is CCCCCCCCCCCCCCCCCCS(=O)(=O)NCCC(=O)[O-].[Na+]. The summed E-state index contributed by atoms with van der Waals surface area (Å²) in [5.74, 6) is -1.15. The fourth-order valence-corrected chi connectivity index (χ4v) is 4.36. The first-order valence-electron chi connectivity index (χ1n) is 11.1. The van der Waals surface area contributed by atoms with E-state index in [2.05, 4.69) is 11.6 Å². The van der Waals surface area contributed by atoms with Crippen LogP contribution in [0, 0.1) is 0 Å². The molecule has 0 radical (unpaired) electrons. The Morgan fingerprint density at radius 3 is 1.43 bits per heavy atom. The summed E-state index contributed by atoms with van der Waals surface area (Å²) in [6, 6.07) is 0. The smallest absolute Gasteiger partial charge is 0.550 e. The zero-order valence-corrected chi connectivity index (χ0v) is 21.3. The Morgan fingerprint density at radius 1 is 0.714 bits per heavy atom. The van der Waals surface area contributed by atoms with Gasteiger partial charge in [-0.1, -0.05) is 103 Å². The number of carbonyl (C=O) groups excluding carboxylic acids is 1. The van der Waals surface area contributed by atoms with E-state index in [1.807, 2.05) is 0 Å². The molecular formula is C21H42NNaO4S. The summed E-state index contributed by atoms with van der Waals surface area (Å²) in [4.78, 5) is 10.3. The van der Waals surface area contributed by atoms with Crippen molar-refractivity contribution in [3.63, 3.8) is 0 Å². The molecule has 0 amide bonds. The van der Waals surface area contributed by atoms with Gasteiger partial charge < -0.3 is 9.90 Å². The molecule has 0 aliphatic rings. The van der Waals surface area contributed by atoms with Crippen molar-refractivity contribution in [2.24, 2.45) is 0 Å². The van der Waals surface area contributed by atoms with Gasteiger partial charge in [0.2, 0.25) is 10.0 Å². The second kappa shape index (κ2) is 22.1. The van der Waals surface area contributed by atoms with Crippen molar-refractivity contribution < 1.29 is 47.9 Å². The third-order valence-corrected chi connectivity index (χ3v) is 6.39. The summed E-state index contributed by atoms with van der Waals surface area (Å²) >= 11 is 0. The van der Waals surface area contributed by atoms with E-state index < -0.39 is 16.0 Å². The van der Waals surface area contributed by atoms with Gasteiger partial charge in [-0.25, -0.2) is 13.1 Å². The molecule has 0 aromatic heterocycles. The molecule has 7 heteroatoms. The Kier molecular flexibility index (Phi) is 24.1. The van der Waals surface area contributed by atoms with Crippen molar-refractivity contribution in [1.29, 1.82) is 0 Å². The number of aliphatic carboxylic acids is 1. The van der Waals surface area contributed by atoms with Gasteiger partial charge in [-0.3, -0.25) is 0 Å². The molecule has 5 nitrogen and oxygen atoms in total. The minimum absolute atomic E-state index is 0. The molecule has 28 heavy (non-hydrogen) atoms. The van der Waals surface area contributed by atoms with Crippen LogP contribution in [0.4, 0.5) is 0 Å². The molecule has 0 saturated carbocycles. The summed E-state index contributed by atoms with van der Waals surface area (Å²) in [7, 11) is -3.34. The Hall–Kier alpha value is 0.380. The molecule has 0 aromatic carbocycles. The van der Waals surface area contributed by atoms with Crippen LogP contribution in [0.15, 0.2) is 0 Å². The van der Waals surface area contributed by atoms with Gasteiger partial charge in [0.25, 0.3) is 0 Å². The van der Waals surface area contributed by atoms with Crippen LogP contribution in [0.3, 0.4) is 0 Å². The van der Waals surface area contributed by atoms with Crippen LogP contribution in [0.1, 0.15) is 116 Å². The van der Waals surface area contributed by atoms with E-state index in [9.17, 15) is 18.3 Å². The molecule has 0 saturated heterocycles. The van der Waals surface area contributed by atoms with Gasteiger partial charge in [-0.2, -0.15) is 0 Å². The maximum absolute atomic E-state index is 11.6. The number of sulfonamides is 1. The van der Waals surface area contributed by atoms with Crippen molar-refractivity contribution in [2.75, 3.05) is 12.3 Å². The number of unbranched alkanes of at least 4 members (excludes halogenated alkanes) is 15. The fraction of sp³-hybridized carbons (Fsp3) is 0.952. The van der Waals surface area contributed by atoms with Crippen LogP contribution in [-0.2, 0) is 14.8 Å². The molecular weight excluding hydrogens is 385 g/mol. The van der Waals surface area contributed by atoms with E-state index in [-0.39, 0.29) is 48.3 Å². The van der Waals surface area contributed by atoms with Crippen LogP contribution in [0.25, 0.3) is 0 Å². The second-order valence-electron chi connectivity index (χ2n) is 7.64. The molecule has 0 atom stereocenters. The van der Waals surface area contributed by atoms with E-state index in [0.717, 1.165) is 12.8 Å². The van der Waals surface area contributed by atoms with Crippen LogP contribution in [0.5, 0.6) is 0 Å². The summed E-state index contributed by atoms with van der Waals surface area (Å²) < 4.78 is 25.6. The monoisotopic (exact) mass is 427 g/mol. The minimum atomic E-state index is -3.34. The van der Waals surface area contributed by atoms with Crippen molar-refractivity contribution in [2.45, 2.75) is 116 Å². The zero-order valence-electron chi connectivity index (χ0n) is 18.5. The van der Waals surface area contributed by atoms with Crippen LogP contribution < -0.4 is 39.4 Å². The quantitative estimate of drug-likeness (QED) is 0.221. The first-order valence-corrected chi connectivity index (χ1v) is 12.8. The number of hydrogen-bond acceptors (Lipinski definition) is 4. The molecule has 0 rings (SSSR count). The van der Waals surface area contributed by atoms with Crippen molar-refractivity contribution in [3.05, 3.63) is 0 Å². The van der Waals surface area contributed by atoms with Crippen molar-refractivity contribution in [1.82, 2.24) is 4.72 Å². The first-order chi connectivity index (χ1) is 13.0. The fourth-order valence-electron chi connectivity index (χ4n) is 3.22. The predicted octanol–water partition coefficient (Wildman–Crippen LogP) is 1.31. The molecule has 0 aliphatic carbocycles. The largest absolute Gasteiger partial charge is 1.00 e. The summed E-state index contributed by atoms with van der Waals surface area (Å²) in [5, 5.41) is 10.3. The summed E-state index contributed by atoms with van der Waals surface area (Å²) in [6.45, 7) is 2.18. The molecule has 162 valence electrons. The van der Waals surface area contributed by atoms with Gasteiger partial charge in [0.05, 0.1) is 5.75 Å². The zero-order chi connectivity index (χ0) is 20.2. The number of hydrogen-bond donors (Lipinski definition) is 1. The number of carboxylic acids is 1. The van der Waals surface area contributed by atoms with Gasteiger partial charge in [0, 0.05) is 18.9 Å². The topological polar surface area (TPSA) is 86.3 Å². The third kappa shape index (κ3) is 24.4. The van der Waals surface area contributed by atoms with Gasteiger partial charge in [-0.05, 0) is 6.42 Å². The molecule has 0 bridgehead atoms. The Labute approximate surface area is 196 Å². The summed E-state index contributed by atoms with van der Waals surface area (Å²) in [5.41, 5.74) is 0. The molecule has 0 aliphatic heterocycles. The van der Waals surface area contributed by atoms with E-state index >= 15 is 0 Å². The van der Waals surface area contributed by atoms with E-state index in [0.29, 0.717) is 6.42 Å². The van der Waals surface area contributed by atoms with Gasteiger partial charge in [0.1, 0.15) is 0 Å². The second-order valence-corrected chi connectivity index (χ2v) is 9.56. The standard InChI is InChI=1S/C21H43NO4S.Na/c1-2-3-4-5-6-7-8-9-10-11-12-13-14-15-16-17-20-27(25,26)22-19-18-21(23)24;/h22H,2-20H2,1H3,(H,23,24);/q;+1/p-1. The van der Waals surface area contributed by atoms with Crippen LogP contribution in [-0.4, -0.2) is 26.7 Å². The molecule has 1 N–H and O–H groups in total. The van der Waals surface area contributed by atoms with E-state index in [1.54, 1.807) is 0 Å². The number of nitrogens with one attached hydrogen (secondary N) is 1. The average molecular weight is 428 g/mol. The number of rotatable bonds is 21. The maximum atomic E-state index is 11.6. The summed E-state index contributed by atoms with van der Waals surface area (Å²) in [6.07, 6.45) is 19.8. The van der Waals surface area contributed by atoms with E-state index in [4.69, 9.17) is 0 Å².